The molecule has 24 heavy (non-hydrogen) atoms. The quantitative estimate of drug-likeness (QED) is 0.927. The fourth-order valence-electron chi connectivity index (χ4n) is 5.06. The van der Waals surface area contributed by atoms with Crippen molar-refractivity contribution in [3.05, 3.63) is 17.0 Å². The van der Waals surface area contributed by atoms with E-state index in [1.165, 1.54) is 69.3 Å². The van der Waals surface area contributed by atoms with Crippen molar-refractivity contribution in [3.8, 4) is 0 Å². The fraction of sp³-hybridized carbons (Fsp3) is 0.789. The molecule has 1 N–H and O–H groups in total. The first kappa shape index (κ1) is 16.1. The van der Waals surface area contributed by atoms with Gasteiger partial charge in [-0.05, 0) is 70.4 Å². The second-order valence-corrected chi connectivity index (χ2v) is 7.92. The van der Waals surface area contributed by atoms with Crippen LogP contribution in [0.5, 0.6) is 0 Å². The van der Waals surface area contributed by atoms with Gasteiger partial charge in [0.25, 0.3) is 5.91 Å². The molecule has 3 heterocycles. The molecule has 0 unspecified atom stereocenters. The Bertz CT molecular complexity index is 594. The van der Waals surface area contributed by atoms with Crippen molar-refractivity contribution in [2.45, 2.75) is 63.8 Å². The van der Waals surface area contributed by atoms with Crippen molar-refractivity contribution in [1.29, 1.82) is 0 Å². The zero-order valence-corrected chi connectivity index (χ0v) is 14.9. The predicted molar refractivity (Wildman–Crippen MR) is 94.1 cm³/mol. The van der Waals surface area contributed by atoms with Gasteiger partial charge in [0.15, 0.2) is 5.69 Å². The lowest BCUT2D eigenvalue weighted by Gasteiger charge is -2.45. The van der Waals surface area contributed by atoms with E-state index in [0.29, 0.717) is 17.7 Å². The van der Waals surface area contributed by atoms with Gasteiger partial charge < -0.3 is 9.80 Å². The summed E-state index contributed by atoms with van der Waals surface area (Å²) in [5.74, 6) is 0.741. The summed E-state index contributed by atoms with van der Waals surface area (Å²) in [5.41, 5.74) is 3.05. The molecule has 2 saturated heterocycles. The van der Waals surface area contributed by atoms with Crippen LogP contribution in [0.4, 0.5) is 0 Å². The third-order valence-corrected chi connectivity index (χ3v) is 6.34. The Hall–Kier alpha value is -1.36. The Labute approximate surface area is 144 Å². The number of hydrogen-bond donors (Lipinski definition) is 1. The van der Waals surface area contributed by atoms with Gasteiger partial charge in [-0.2, -0.15) is 5.10 Å². The molecule has 0 spiro atoms. The lowest BCUT2D eigenvalue weighted by molar-refractivity contribution is 0.0400. The molecule has 0 aromatic carbocycles. The Morgan fingerprint density at radius 1 is 1.17 bits per heavy atom. The molecule has 1 amide bonds. The second-order valence-electron chi connectivity index (χ2n) is 7.92. The molecule has 1 aromatic rings. The van der Waals surface area contributed by atoms with Crippen LogP contribution in [0, 0.1) is 5.92 Å². The maximum Gasteiger partial charge on any atom is 0.274 e. The van der Waals surface area contributed by atoms with E-state index in [4.69, 9.17) is 0 Å². The largest absolute Gasteiger partial charge is 0.340 e. The van der Waals surface area contributed by atoms with Gasteiger partial charge >= 0.3 is 0 Å². The number of piperidine rings is 2. The van der Waals surface area contributed by atoms with Gasteiger partial charge in [-0.15, -0.1) is 0 Å². The molecular formula is C19H30N4O. The van der Waals surface area contributed by atoms with Gasteiger partial charge in [0.2, 0.25) is 0 Å². The number of hydrogen-bond acceptors (Lipinski definition) is 3. The standard InChI is InChI=1S/C19H30N4O/c1-22(13-14-7-6-12-23-11-5-4-10-17(14)23)19(24)18-15-8-2-3-9-16(15)20-21-18/h14,17H,2-13H2,1H3,(H,20,21)/t14-,17+/m1/s1. The summed E-state index contributed by atoms with van der Waals surface area (Å²) >= 11 is 0. The van der Waals surface area contributed by atoms with E-state index < -0.39 is 0 Å². The van der Waals surface area contributed by atoms with Crippen molar-refractivity contribution < 1.29 is 4.79 Å². The third-order valence-electron chi connectivity index (χ3n) is 6.34. The lowest BCUT2D eigenvalue weighted by Crippen LogP contribution is -2.51. The molecule has 2 aliphatic heterocycles. The first-order valence-corrected chi connectivity index (χ1v) is 9.79. The van der Waals surface area contributed by atoms with Crippen LogP contribution < -0.4 is 0 Å². The summed E-state index contributed by atoms with van der Waals surface area (Å²) in [6.45, 7) is 3.39. The van der Waals surface area contributed by atoms with Crippen LogP contribution >= 0.6 is 0 Å². The zero-order valence-electron chi connectivity index (χ0n) is 14.9. The number of carbonyl (C=O) groups is 1. The Morgan fingerprint density at radius 3 is 2.92 bits per heavy atom. The number of carbonyl (C=O) groups excluding carboxylic acids is 1. The average molecular weight is 330 g/mol. The van der Waals surface area contributed by atoms with Gasteiger partial charge in [0, 0.05) is 30.9 Å². The van der Waals surface area contributed by atoms with Gasteiger partial charge in [-0.1, -0.05) is 6.42 Å². The summed E-state index contributed by atoms with van der Waals surface area (Å²) in [6.07, 6.45) is 11.0. The summed E-state index contributed by atoms with van der Waals surface area (Å²) in [5, 5.41) is 7.47. The maximum absolute atomic E-state index is 12.9. The topological polar surface area (TPSA) is 52.2 Å². The highest BCUT2D eigenvalue weighted by Crippen LogP contribution is 2.31. The van der Waals surface area contributed by atoms with Crippen LogP contribution in [-0.2, 0) is 12.8 Å². The first-order valence-electron chi connectivity index (χ1n) is 9.79. The van der Waals surface area contributed by atoms with Crippen LogP contribution in [0.3, 0.4) is 0 Å². The van der Waals surface area contributed by atoms with E-state index in [-0.39, 0.29) is 5.91 Å². The number of aryl methyl sites for hydroxylation is 1. The highest BCUT2D eigenvalue weighted by Gasteiger charge is 2.34. The number of nitrogens with zero attached hydrogens (tertiary/aromatic N) is 3. The summed E-state index contributed by atoms with van der Waals surface area (Å²) in [7, 11) is 1.97. The second kappa shape index (κ2) is 6.87. The molecule has 4 rings (SSSR count). The summed E-state index contributed by atoms with van der Waals surface area (Å²) in [6, 6.07) is 0.691. The fourth-order valence-corrected chi connectivity index (χ4v) is 5.06. The molecule has 0 bridgehead atoms. The number of amides is 1. The predicted octanol–water partition coefficient (Wildman–Crippen LogP) is 2.63. The first-order chi connectivity index (χ1) is 11.7. The Morgan fingerprint density at radius 2 is 2.00 bits per heavy atom. The van der Waals surface area contributed by atoms with E-state index in [2.05, 4.69) is 15.1 Å². The number of rotatable bonds is 3. The van der Waals surface area contributed by atoms with Crippen molar-refractivity contribution >= 4 is 5.91 Å². The van der Waals surface area contributed by atoms with Gasteiger partial charge in [0.05, 0.1) is 0 Å². The van der Waals surface area contributed by atoms with Crippen molar-refractivity contribution in [1.82, 2.24) is 20.0 Å². The molecule has 1 aliphatic carbocycles. The van der Waals surface area contributed by atoms with E-state index in [1.807, 2.05) is 11.9 Å². The van der Waals surface area contributed by atoms with E-state index >= 15 is 0 Å². The molecule has 0 radical (unpaired) electrons. The monoisotopic (exact) mass is 330 g/mol. The normalized spacial score (nSPS) is 27.4. The van der Waals surface area contributed by atoms with Gasteiger partial charge in [0.1, 0.15) is 0 Å². The molecular weight excluding hydrogens is 300 g/mol. The maximum atomic E-state index is 12.9. The van der Waals surface area contributed by atoms with Crippen molar-refractivity contribution in [3.63, 3.8) is 0 Å². The number of aromatic amines is 1. The van der Waals surface area contributed by atoms with Crippen LogP contribution in [0.25, 0.3) is 0 Å². The smallest absolute Gasteiger partial charge is 0.274 e. The highest BCUT2D eigenvalue weighted by atomic mass is 16.2. The molecule has 2 atom stereocenters. The Balaban J connectivity index is 1.44. The lowest BCUT2D eigenvalue weighted by atomic mass is 9.83. The molecule has 3 aliphatic rings. The van der Waals surface area contributed by atoms with Crippen molar-refractivity contribution in [2.75, 3.05) is 26.7 Å². The molecule has 132 valence electrons. The third kappa shape index (κ3) is 2.99. The van der Waals surface area contributed by atoms with E-state index in [9.17, 15) is 4.79 Å². The minimum Gasteiger partial charge on any atom is -0.340 e. The van der Waals surface area contributed by atoms with Crippen LogP contribution in [-0.4, -0.2) is 58.6 Å². The number of H-pyrrole nitrogens is 1. The average Bonchev–Trinajstić information content (AvgIpc) is 3.05. The Kier molecular flexibility index (Phi) is 4.61. The van der Waals surface area contributed by atoms with E-state index in [0.717, 1.165) is 19.4 Å². The van der Waals surface area contributed by atoms with Crippen LogP contribution in [0.15, 0.2) is 0 Å². The summed E-state index contributed by atoms with van der Waals surface area (Å²) < 4.78 is 0. The minimum atomic E-state index is 0.113. The van der Waals surface area contributed by atoms with Crippen LogP contribution in [0.1, 0.15) is 66.7 Å². The summed E-state index contributed by atoms with van der Waals surface area (Å²) in [4.78, 5) is 17.6. The van der Waals surface area contributed by atoms with Crippen molar-refractivity contribution in [2.24, 2.45) is 5.92 Å². The molecule has 5 heteroatoms. The van der Waals surface area contributed by atoms with Crippen LogP contribution in [0.2, 0.25) is 0 Å². The molecule has 5 nitrogen and oxygen atoms in total. The molecule has 0 saturated carbocycles. The molecule has 2 fully saturated rings. The number of nitrogens with one attached hydrogen (secondary N) is 1. The zero-order chi connectivity index (χ0) is 16.5. The number of aromatic nitrogens is 2. The van der Waals surface area contributed by atoms with E-state index in [1.54, 1.807) is 0 Å². The SMILES string of the molecule is CN(C[C@H]1CCCN2CCCC[C@@H]12)C(=O)c1n[nH]c2c1CCCC2. The van der Waals surface area contributed by atoms with Gasteiger partial charge in [-0.3, -0.25) is 9.89 Å². The minimum absolute atomic E-state index is 0.113. The molecule has 1 aromatic heterocycles. The highest BCUT2D eigenvalue weighted by molar-refractivity contribution is 5.93. The number of fused-ring (bicyclic) bond motifs is 2. The van der Waals surface area contributed by atoms with Gasteiger partial charge in [-0.25, -0.2) is 0 Å².